The van der Waals surface area contributed by atoms with E-state index in [1.54, 1.807) is 18.2 Å². The van der Waals surface area contributed by atoms with Crippen molar-refractivity contribution < 1.29 is 19.4 Å². The largest absolute Gasteiger partial charge is 0.480 e. The lowest BCUT2D eigenvalue weighted by atomic mass is 10.2. The predicted molar refractivity (Wildman–Crippen MR) is 99.1 cm³/mol. The maximum Gasteiger partial charge on any atom is 0.326 e. The molecule has 1 aromatic heterocycles. The van der Waals surface area contributed by atoms with Crippen molar-refractivity contribution >= 4 is 23.5 Å². The van der Waals surface area contributed by atoms with E-state index in [0.29, 0.717) is 5.02 Å². The third-order valence-corrected chi connectivity index (χ3v) is 5.04. The van der Waals surface area contributed by atoms with Gasteiger partial charge in [-0.3, -0.25) is 9.59 Å². The molecule has 1 aliphatic heterocycles. The van der Waals surface area contributed by atoms with Crippen molar-refractivity contribution in [3.8, 4) is 0 Å². The number of halogens is 1. The zero-order valence-electron chi connectivity index (χ0n) is 14.7. The van der Waals surface area contributed by atoms with Crippen molar-refractivity contribution in [2.24, 2.45) is 0 Å². The number of aromatic nitrogens is 1. The van der Waals surface area contributed by atoms with Gasteiger partial charge in [-0.05, 0) is 17.7 Å². The number of nitrogens with zero attached hydrogens (tertiary/aromatic N) is 2. The van der Waals surface area contributed by atoms with Crippen LogP contribution in [0.1, 0.15) is 22.3 Å². The molecule has 2 unspecified atom stereocenters. The summed E-state index contributed by atoms with van der Waals surface area (Å²) in [4.78, 5) is 37.8. The molecule has 1 aromatic carbocycles. The number of aliphatic carboxylic acids is 1. The lowest BCUT2D eigenvalue weighted by molar-refractivity contribution is -0.141. The number of likely N-dealkylation sites (tertiary alicyclic amines) is 1. The Morgan fingerprint density at radius 1 is 1.26 bits per heavy atom. The molecule has 8 heteroatoms. The first-order valence-electron chi connectivity index (χ1n) is 8.41. The molecule has 1 fully saturated rings. The Hall–Kier alpha value is -2.64. The van der Waals surface area contributed by atoms with E-state index >= 15 is 0 Å². The molecule has 1 aliphatic rings. The molecule has 142 valence electrons. The van der Waals surface area contributed by atoms with Gasteiger partial charge in [0, 0.05) is 37.4 Å². The quantitative estimate of drug-likeness (QED) is 0.841. The topological polar surface area (TPSA) is 88.8 Å². The summed E-state index contributed by atoms with van der Waals surface area (Å²) < 4.78 is 6.60. The summed E-state index contributed by atoms with van der Waals surface area (Å²) in [6, 6.07) is 8.88. The Bertz CT molecular complexity index is 926. The van der Waals surface area contributed by atoms with Crippen LogP contribution in [0.25, 0.3) is 0 Å². The van der Waals surface area contributed by atoms with Gasteiger partial charge in [0.05, 0.1) is 18.2 Å². The van der Waals surface area contributed by atoms with E-state index in [1.165, 1.54) is 34.9 Å². The Labute approximate surface area is 160 Å². The van der Waals surface area contributed by atoms with Crippen LogP contribution in [0.3, 0.4) is 0 Å². The number of methoxy groups -OCH3 is 1. The molecule has 7 nitrogen and oxygen atoms in total. The average molecular weight is 391 g/mol. The van der Waals surface area contributed by atoms with Gasteiger partial charge in [-0.15, -0.1) is 0 Å². The van der Waals surface area contributed by atoms with Crippen LogP contribution in [-0.4, -0.2) is 52.3 Å². The zero-order valence-corrected chi connectivity index (χ0v) is 15.4. The fourth-order valence-electron chi connectivity index (χ4n) is 3.18. The summed E-state index contributed by atoms with van der Waals surface area (Å²) in [5, 5.41) is 9.92. The summed E-state index contributed by atoms with van der Waals surface area (Å²) in [6.07, 6.45) is 1.34. The molecule has 27 heavy (non-hydrogen) atoms. The standard InChI is InChI=1S/C19H19ClN2O5/c1-27-14-8-16(19(25)26)22(11-14)18(24)13-6-7-17(23)21(10-13)9-12-4-2-3-5-15(12)20/h2-7,10,14,16H,8-9,11H2,1H3,(H,25,26). The average Bonchev–Trinajstić information content (AvgIpc) is 3.09. The molecule has 1 saturated heterocycles. The van der Waals surface area contributed by atoms with Crippen LogP contribution in [0.2, 0.25) is 5.02 Å². The van der Waals surface area contributed by atoms with Gasteiger partial charge in [-0.1, -0.05) is 29.8 Å². The van der Waals surface area contributed by atoms with Crippen molar-refractivity contribution in [1.82, 2.24) is 9.47 Å². The molecule has 0 spiro atoms. The Kier molecular flexibility index (Phi) is 5.62. The van der Waals surface area contributed by atoms with Crippen LogP contribution < -0.4 is 5.56 Å². The van der Waals surface area contributed by atoms with Gasteiger partial charge < -0.3 is 19.3 Å². The summed E-state index contributed by atoms with van der Waals surface area (Å²) in [6.45, 7) is 0.401. The molecule has 0 saturated carbocycles. The Morgan fingerprint density at radius 3 is 2.67 bits per heavy atom. The van der Waals surface area contributed by atoms with Gasteiger partial charge in [0.2, 0.25) is 0 Å². The smallest absolute Gasteiger partial charge is 0.326 e. The fraction of sp³-hybridized carbons (Fsp3) is 0.316. The first-order chi connectivity index (χ1) is 12.9. The lowest BCUT2D eigenvalue weighted by Crippen LogP contribution is -2.41. The van der Waals surface area contributed by atoms with E-state index in [2.05, 4.69) is 0 Å². The first kappa shape index (κ1) is 19.1. The maximum absolute atomic E-state index is 12.9. The number of amides is 1. The van der Waals surface area contributed by atoms with Crippen LogP contribution in [0, 0.1) is 0 Å². The summed E-state index contributed by atoms with van der Waals surface area (Å²) in [5.74, 6) is -1.53. The van der Waals surface area contributed by atoms with Gasteiger partial charge in [-0.2, -0.15) is 0 Å². The second kappa shape index (κ2) is 7.94. The maximum atomic E-state index is 12.9. The molecular weight excluding hydrogens is 372 g/mol. The van der Waals surface area contributed by atoms with Crippen molar-refractivity contribution in [3.05, 3.63) is 69.1 Å². The molecule has 1 amide bonds. The van der Waals surface area contributed by atoms with Gasteiger partial charge in [0.1, 0.15) is 6.04 Å². The van der Waals surface area contributed by atoms with E-state index in [1.807, 2.05) is 6.07 Å². The van der Waals surface area contributed by atoms with Crippen molar-refractivity contribution in [2.45, 2.75) is 25.1 Å². The monoisotopic (exact) mass is 390 g/mol. The minimum Gasteiger partial charge on any atom is -0.480 e. The van der Waals surface area contributed by atoms with Gasteiger partial charge in [-0.25, -0.2) is 4.79 Å². The van der Waals surface area contributed by atoms with Crippen LogP contribution >= 0.6 is 11.6 Å². The van der Waals surface area contributed by atoms with Crippen LogP contribution in [0.15, 0.2) is 47.4 Å². The normalized spacial score (nSPS) is 19.3. The zero-order chi connectivity index (χ0) is 19.6. The molecule has 0 bridgehead atoms. The molecule has 2 atom stereocenters. The SMILES string of the molecule is COC1CC(C(=O)O)N(C(=O)c2ccc(=O)n(Cc3ccccc3Cl)c2)C1. The van der Waals surface area contributed by atoms with Gasteiger partial charge in [0.25, 0.3) is 11.5 Å². The summed E-state index contributed by atoms with van der Waals surface area (Å²) >= 11 is 6.15. The Morgan fingerprint density at radius 2 is 2.00 bits per heavy atom. The molecular formula is C19H19ClN2O5. The molecule has 2 heterocycles. The molecule has 2 aromatic rings. The second-order valence-electron chi connectivity index (χ2n) is 6.38. The number of carboxylic acid groups (broad SMARTS) is 1. The molecule has 3 rings (SSSR count). The number of carbonyl (C=O) groups excluding carboxylic acids is 1. The molecule has 0 radical (unpaired) electrons. The van der Waals surface area contributed by atoms with E-state index in [-0.39, 0.29) is 36.7 Å². The predicted octanol–water partition coefficient (Wildman–Crippen LogP) is 1.86. The van der Waals surface area contributed by atoms with E-state index in [4.69, 9.17) is 16.3 Å². The third-order valence-electron chi connectivity index (χ3n) is 4.67. The molecule has 1 N–H and O–H groups in total. The summed E-state index contributed by atoms with van der Waals surface area (Å²) in [5.41, 5.74) is 0.706. The van der Waals surface area contributed by atoms with Crippen LogP contribution in [-0.2, 0) is 16.1 Å². The number of carboxylic acids is 1. The second-order valence-corrected chi connectivity index (χ2v) is 6.79. The third kappa shape index (κ3) is 4.04. The van der Waals surface area contributed by atoms with Crippen molar-refractivity contribution in [2.75, 3.05) is 13.7 Å². The highest BCUT2D eigenvalue weighted by molar-refractivity contribution is 6.31. The van der Waals surface area contributed by atoms with E-state index in [0.717, 1.165) is 5.56 Å². The lowest BCUT2D eigenvalue weighted by Gasteiger charge is -2.21. The van der Waals surface area contributed by atoms with Gasteiger partial charge >= 0.3 is 5.97 Å². The van der Waals surface area contributed by atoms with Gasteiger partial charge in [0.15, 0.2) is 0 Å². The highest BCUT2D eigenvalue weighted by Crippen LogP contribution is 2.23. The number of benzene rings is 1. The fourth-order valence-corrected chi connectivity index (χ4v) is 3.38. The van der Waals surface area contributed by atoms with Crippen LogP contribution in [0.4, 0.5) is 0 Å². The highest BCUT2D eigenvalue weighted by atomic mass is 35.5. The van der Waals surface area contributed by atoms with Crippen molar-refractivity contribution in [3.63, 3.8) is 0 Å². The highest BCUT2D eigenvalue weighted by Gasteiger charge is 2.40. The molecule has 0 aliphatic carbocycles. The number of hydrogen-bond donors (Lipinski definition) is 1. The van der Waals surface area contributed by atoms with Crippen molar-refractivity contribution in [1.29, 1.82) is 0 Å². The number of rotatable bonds is 5. The minimum atomic E-state index is -1.08. The minimum absolute atomic E-state index is 0.190. The van der Waals surface area contributed by atoms with E-state index in [9.17, 15) is 19.5 Å². The summed E-state index contributed by atoms with van der Waals surface area (Å²) in [7, 11) is 1.49. The number of pyridine rings is 1. The van der Waals surface area contributed by atoms with Crippen LogP contribution in [0.5, 0.6) is 0 Å². The number of hydrogen-bond acceptors (Lipinski definition) is 4. The number of ether oxygens (including phenoxy) is 1. The Balaban J connectivity index is 1.89. The van der Waals surface area contributed by atoms with E-state index < -0.39 is 17.9 Å². The number of carbonyl (C=O) groups is 2. The first-order valence-corrected chi connectivity index (χ1v) is 8.79.